The van der Waals surface area contributed by atoms with Crippen LogP contribution in [0.1, 0.15) is 36.1 Å². The van der Waals surface area contributed by atoms with Crippen molar-refractivity contribution in [1.82, 2.24) is 9.29 Å². The molecule has 0 saturated heterocycles. The highest BCUT2D eigenvalue weighted by atomic mass is 32.2. The van der Waals surface area contributed by atoms with Crippen LogP contribution in [0.4, 0.5) is 0 Å². The van der Waals surface area contributed by atoms with Gasteiger partial charge >= 0.3 is 0 Å². The SMILES string of the molecule is CCCS(=O)(=O)N1CCc2ccccc2C1c1ccncc1. The first-order valence-electron chi connectivity index (χ1n) is 7.60. The van der Waals surface area contributed by atoms with Crippen molar-refractivity contribution in [3.8, 4) is 0 Å². The molecule has 0 radical (unpaired) electrons. The molecular weight excluding hydrogens is 296 g/mol. The molecule has 1 aromatic carbocycles. The Bertz CT molecular complexity index is 744. The number of hydrogen-bond acceptors (Lipinski definition) is 3. The van der Waals surface area contributed by atoms with Gasteiger partial charge in [-0.15, -0.1) is 0 Å². The Morgan fingerprint density at radius 1 is 1.18 bits per heavy atom. The smallest absolute Gasteiger partial charge is 0.214 e. The van der Waals surface area contributed by atoms with E-state index >= 15 is 0 Å². The van der Waals surface area contributed by atoms with E-state index in [4.69, 9.17) is 0 Å². The molecular formula is C17H20N2O2S. The van der Waals surface area contributed by atoms with Crippen LogP contribution in [0.15, 0.2) is 48.8 Å². The number of aromatic nitrogens is 1. The molecule has 1 atom stereocenters. The van der Waals surface area contributed by atoms with Crippen molar-refractivity contribution in [3.63, 3.8) is 0 Å². The van der Waals surface area contributed by atoms with Crippen LogP contribution < -0.4 is 0 Å². The van der Waals surface area contributed by atoms with Crippen LogP contribution in [-0.2, 0) is 16.4 Å². The van der Waals surface area contributed by atoms with Gasteiger partial charge in [0, 0.05) is 18.9 Å². The van der Waals surface area contributed by atoms with Gasteiger partial charge in [-0.25, -0.2) is 8.42 Å². The van der Waals surface area contributed by atoms with Gasteiger partial charge in [0.25, 0.3) is 0 Å². The highest BCUT2D eigenvalue weighted by molar-refractivity contribution is 7.89. The zero-order valence-electron chi connectivity index (χ0n) is 12.6. The number of hydrogen-bond donors (Lipinski definition) is 0. The molecule has 1 unspecified atom stereocenters. The number of benzene rings is 1. The summed E-state index contributed by atoms with van der Waals surface area (Å²) in [6, 6.07) is 11.7. The van der Waals surface area contributed by atoms with E-state index in [1.54, 1.807) is 16.7 Å². The summed E-state index contributed by atoms with van der Waals surface area (Å²) in [5.41, 5.74) is 3.29. The Balaban J connectivity index is 2.12. The molecule has 0 spiro atoms. The fourth-order valence-corrected chi connectivity index (χ4v) is 4.79. The minimum atomic E-state index is -3.26. The molecule has 1 aromatic heterocycles. The van der Waals surface area contributed by atoms with E-state index < -0.39 is 10.0 Å². The minimum absolute atomic E-state index is 0.191. The summed E-state index contributed by atoms with van der Waals surface area (Å²) < 4.78 is 27.0. The topological polar surface area (TPSA) is 50.3 Å². The van der Waals surface area contributed by atoms with Gasteiger partial charge in [-0.2, -0.15) is 4.31 Å². The average molecular weight is 316 g/mol. The second-order valence-corrected chi connectivity index (χ2v) is 7.60. The number of pyridine rings is 1. The molecule has 0 N–H and O–H groups in total. The zero-order valence-corrected chi connectivity index (χ0v) is 13.5. The summed E-state index contributed by atoms with van der Waals surface area (Å²) in [7, 11) is -3.26. The average Bonchev–Trinajstić information content (AvgIpc) is 2.54. The van der Waals surface area contributed by atoms with E-state index in [0.29, 0.717) is 13.0 Å². The monoisotopic (exact) mass is 316 g/mol. The predicted octanol–water partition coefficient (Wildman–Crippen LogP) is 2.77. The first-order chi connectivity index (χ1) is 10.6. The Kier molecular flexibility index (Phi) is 4.27. The normalized spacial score (nSPS) is 18.9. The molecule has 116 valence electrons. The largest absolute Gasteiger partial charge is 0.265 e. The van der Waals surface area contributed by atoms with Gasteiger partial charge in [-0.05, 0) is 41.7 Å². The Labute approximate surface area is 131 Å². The van der Waals surface area contributed by atoms with E-state index in [2.05, 4.69) is 11.1 Å². The summed E-state index contributed by atoms with van der Waals surface area (Å²) >= 11 is 0. The van der Waals surface area contributed by atoms with Crippen LogP contribution in [-0.4, -0.2) is 30.0 Å². The standard InChI is InChI=1S/C17H20N2O2S/c1-2-13-22(20,21)19-12-9-14-5-3-4-6-16(14)17(19)15-7-10-18-11-8-15/h3-8,10-11,17H,2,9,12-13H2,1H3. The highest BCUT2D eigenvalue weighted by Gasteiger charge is 2.35. The molecule has 0 amide bonds. The molecule has 3 rings (SSSR count). The molecule has 5 heteroatoms. The van der Waals surface area contributed by atoms with Crippen LogP contribution in [0.25, 0.3) is 0 Å². The van der Waals surface area contributed by atoms with Gasteiger partial charge < -0.3 is 0 Å². The number of rotatable bonds is 4. The zero-order chi connectivity index (χ0) is 15.6. The van der Waals surface area contributed by atoms with Crippen molar-refractivity contribution >= 4 is 10.0 Å². The van der Waals surface area contributed by atoms with E-state index in [1.165, 1.54) is 5.56 Å². The van der Waals surface area contributed by atoms with Crippen LogP contribution >= 0.6 is 0 Å². The van der Waals surface area contributed by atoms with Gasteiger partial charge in [-0.1, -0.05) is 31.2 Å². The quantitative estimate of drug-likeness (QED) is 0.871. The molecule has 0 fully saturated rings. The van der Waals surface area contributed by atoms with Gasteiger partial charge in [0.2, 0.25) is 10.0 Å². The molecule has 1 aliphatic heterocycles. The van der Waals surface area contributed by atoms with Crippen molar-refractivity contribution in [1.29, 1.82) is 0 Å². The molecule has 1 aliphatic rings. The third-order valence-electron chi connectivity index (χ3n) is 4.08. The van der Waals surface area contributed by atoms with Crippen LogP contribution in [0.5, 0.6) is 0 Å². The number of nitrogens with zero attached hydrogens (tertiary/aromatic N) is 2. The van der Waals surface area contributed by atoms with Crippen molar-refractivity contribution in [2.24, 2.45) is 0 Å². The second-order valence-electron chi connectivity index (χ2n) is 5.56. The maximum absolute atomic E-state index is 12.7. The third-order valence-corrected chi connectivity index (χ3v) is 6.11. The second kappa shape index (κ2) is 6.18. The van der Waals surface area contributed by atoms with E-state index in [-0.39, 0.29) is 11.8 Å². The van der Waals surface area contributed by atoms with E-state index in [9.17, 15) is 8.42 Å². The summed E-state index contributed by atoms with van der Waals surface area (Å²) in [6.45, 7) is 2.43. The van der Waals surface area contributed by atoms with Crippen LogP contribution in [0, 0.1) is 0 Å². The van der Waals surface area contributed by atoms with Crippen molar-refractivity contribution in [2.45, 2.75) is 25.8 Å². The fourth-order valence-electron chi connectivity index (χ4n) is 3.11. The first-order valence-corrected chi connectivity index (χ1v) is 9.21. The third kappa shape index (κ3) is 2.78. The first kappa shape index (κ1) is 15.2. The van der Waals surface area contributed by atoms with Gasteiger partial charge in [0.15, 0.2) is 0 Å². The molecule has 0 saturated carbocycles. The minimum Gasteiger partial charge on any atom is -0.265 e. The molecule has 0 bridgehead atoms. The number of sulfonamides is 1. The Hall–Kier alpha value is -1.72. The Morgan fingerprint density at radius 2 is 1.91 bits per heavy atom. The van der Waals surface area contributed by atoms with Crippen LogP contribution in [0.2, 0.25) is 0 Å². The van der Waals surface area contributed by atoms with E-state index in [1.807, 2.05) is 37.3 Å². The van der Waals surface area contributed by atoms with Gasteiger partial charge in [0.1, 0.15) is 0 Å². The lowest BCUT2D eigenvalue weighted by Gasteiger charge is -2.36. The maximum Gasteiger partial charge on any atom is 0.214 e. The lowest BCUT2D eigenvalue weighted by molar-refractivity contribution is 0.344. The van der Waals surface area contributed by atoms with Crippen molar-refractivity contribution in [2.75, 3.05) is 12.3 Å². The molecule has 2 heterocycles. The fraction of sp³-hybridized carbons (Fsp3) is 0.353. The Morgan fingerprint density at radius 3 is 2.64 bits per heavy atom. The molecule has 22 heavy (non-hydrogen) atoms. The number of fused-ring (bicyclic) bond motifs is 1. The highest BCUT2D eigenvalue weighted by Crippen LogP contribution is 2.36. The molecule has 2 aromatic rings. The van der Waals surface area contributed by atoms with Gasteiger partial charge in [0.05, 0.1) is 11.8 Å². The lowest BCUT2D eigenvalue weighted by Crippen LogP contribution is -2.41. The summed E-state index contributed by atoms with van der Waals surface area (Å²) in [5, 5.41) is 0. The summed E-state index contributed by atoms with van der Waals surface area (Å²) in [4.78, 5) is 4.05. The molecule has 0 aliphatic carbocycles. The maximum atomic E-state index is 12.7. The summed E-state index contributed by atoms with van der Waals surface area (Å²) in [5.74, 6) is 0.191. The van der Waals surface area contributed by atoms with Gasteiger partial charge in [-0.3, -0.25) is 4.98 Å². The summed E-state index contributed by atoms with van der Waals surface area (Å²) in [6.07, 6.45) is 4.83. The molecule has 4 nitrogen and oxygen atoms in total. The van der Waals surface area contributed by atoms with Crippen LogP contribution in [0.3, 0.4) is 0 Å². The van der Waals surface area contributed by atoms with Crippen molar-refractivity contribution < 1.29 is 8.42 Å². The van der Waals surface area contributed by atoms with Crippen molar-refractivity contribution in [3.05, 3.63) is 65.5 Å². The lowest BCUT2D eigenvalue weighted by atomic mass is 9.90. The van der Waals surface area contributed by atoms with E-state index in [0.717, 1.165) is 17.5 Å². The predicted molar refractivity (Wildman–Crippen MR) is 87.0 cm³/mol.